The van der Waals surface area contributed by atoms with Gasteiger partial charge in [-0.3, -0.25) is 0 Å². The second-order valence-electron chi connectivity index (χ2n) is 7.63. The lowest BCUT2D eigenvalue weighted by atomic mass is 9.83. The lowest BCUT2D eigenvalue weighted by Gasteiger charge is -2.29. The molecule has 2 N–H and O–H groups in total. The highest BCUT2D eigenvalue weighted by atomic mass is 16.3. The Hall–Kier alpha value is -0.860. The summed E-state index contributed by atoms with van der Waals surface area (Å²) in [6.45, 7) is 8.43. The summed E-state index contributed by atoms with van der Waals surface area (Å²) in [6, 6.07) is 8.70. The maximum absolute atomic E-state index is 10.5. The Labute approximate surface area is 130 Å². The third-order valence-electron chi connectivity index (χ3n) is 4.49. The summed E-state index contributed by atoms with van der Waals surface area (Å²) in [6.07, 6.45) is 6.31. The van der Waals surface area contributed by atoms with E-state index in [0.29, 0.717) is 0 Å². The summed E-state index contributed by atoms with van der Waals surface area (Å²) in [4.78, 5) is 0. The van der Waals surface area contributed by atoms with Crippen LogP contribution in [0.3, 0.4) is 0 Å². The van der Waals surface area contributed by atoms with Crippen molar-refractivity contribution in [3.63, 3.8) is 0 Å². The lowest BCUT2D eigenvalue weighted by Crippen LogP contribution is -2.44. The van der Waals surface area contributed by atoms with Crippen molar-refractivity contribution >= 4 is 0 Å². The number of rotatable bonds is 4. The first-order valence-electron chi connectivity index (χ1n) is 8.42. The molecule has 0 bridgehead atoms. The summed E-state index contributed by atoms with van der Waals surface area (Å²) in [5, 5.41) is 13.9. The highest BCUT2D eigenvalue weighted by Crippen LogP contribution is 2.33. The van der Waals surface area contributed by atoms with Crippen LogP contribution in [0.4, 0.5) is 0 Å². The molecule has 1 aromatic rings. The normalized spacial score (nSPS) is 20.2. The monoisotopic (exact) mass is 289 g/mol. The molecule has 1 aliphatic rings. The zero-order valence-corrected chi connectivity index (χ0v) is 14.0. The molecular formula is C19H31NO. The zero-order chi connectivity index (χ0) is 15.5. The van der Waals surface area contributed by atoms with E-state index in [1.165, 1.54) is 37.7 Å². The molecule has 1 saturated carbocycles. The summed E-state index contributed by atoms with van der Waals surface area (Å²) >= 11 is 0. The molecule has 0 spiro atoms. The average Bonchev–Trinajstić information content (AvgIpc) is 2.46. The third kappa shape index (κ3) is 4.82. The van der Waals surface area contributed by atoms with Crippen molar-refractivity contribution in [2.75, 3.05) is 0 Å². The minimum absolute atomic E-state index is 0.0163. The van der Waals surface area contributed by atoms with E-state index >= 15 is 0 Å². The van der Waals surface area contributed by atoms with Gasteiger partial charge >= 0.3 is 0 Å². The van der Waals surface area contributed by atoms with Gasteiger partial charge in [0.15, 0.2) is 0 Å². The van der Waals surface area contributed by atoms with Gasteiger partial charge in [-0.15, -0.1) is 0 Å². The van der Waals surface area contributed by atoms with Crippen LogP contribution in [0, 0.1) is 0 Å². The maximum atomic E-state index is 10.5. The van der Waals surface area contributed by atoms with E-state index in [4.69, 9.17) is 0 Å². The Morgan fingerprint density at radius 1 is 1.05 bits per heavy atom. The molecule has 1 aliphatic carbocycles. The van der Waals surface area contributed by atoms with E-state index < -0.39 is 6.10 Å². The molecule has 2 unspecified atom stereocenters. The molecule has 1 fully saturated rings. The van der Waals surface area contributed by atoms with Crippen LogP contribution < -0.4 is 5.32 Å². The quantitative estimate of drug-likeness (QED) is 0.852. The summed E-state index contributed by atoms with van der Waals surface area (Å²) < 4.78 is 0. The van der Waals surface area contributed by atoms with Crippen LogP contribution in [0.1, 0.15) is 82.9 Å². The number of aliphatic hydroxyl groups is 1. The van der Waals surface area contributed by atoms with Gasteiger partial charge in [-0.2, -0.15) is 0 Å². The average molecular weight is 289 g/mol. The first kappa shape index (κ1) is 16.5. The van der Waals surface area contributed by atoms with Crippen LogP contribution in [0.25, 0.3) is 0 Å². The second kappa shape index (κ2) is 6.93. The molecule has 21 heavy (non-hydrogen) atoms. The molecule has 0 aromatic heterocycles. The topological polar surface area (TPSA) is 32.3 Å². The van der Waals surface area contributed by atoms with Crippen molar-refractivity contribution in [2.45, 2.75) is 83.4 Å². The van der Waals surface area contributed by atoms with Crippen molar-refractivity contribution in [1.82, 2.24) is 5.32 Å². The van der Waals surface area contributed by atoms with Gasteiger partial charge in [-0.05, 0) is 57.6 Å². The number of nitrogens with one attached hydrogen (secondary N) is 1. The Morgan fingerprint density at radius 3 is 2.14 bits per heavy atom. The minimum atomic E-state index is -0.454. The first-order chi connectivity index (χ1) is 9.87. The number of hydrogen-bond acceptors (Lipinski definition) is 2. The molecule has 2 heteroatoms. The Kier molecular flexibility index (Phi) is 5.45. The number of aliphatic hydroxyl groups excluding tert-OH is 1. The van der Waals surface area contributed by atoms with Gasteiger partial charge in [0.2, 0.25) is 0 Å². The fourth-order valence-electron chi connectivity index (χ4n) is 3.45. The fraction of sp³-hybridized carbons (Fsp3) is 0.684. The predicted octanol–water partition coefficient (Wildman–Crippen LogP) is 4.54. The van der Waals surface area contributed by atoms with Gasteiger partial charge in [0.1, 0.15) is 0 Å². The molecule has 0 aliphatic heterocycles. The van der Waals surface area contributed by atoms with Gasteiger partial charge in [0.05, 0.1) is 6.10 Å². The maximum Gasteiger partial charge on any atom is 0.0940 e. The number of benzene rings is 1. The predicted molar refractivity (Wildman–Crippen MR) is 89.6 cm³/mol. The third-order valence-corrected chi connectivity index (χ3v) is 4.49. The van der Waals surface area contributed by atoms with Gasteiger partial charge in [0.25, 0.3) is 0 Å². The first-order valence-corrected chi connectivity index (χ1v) is 8.42. The van der Waals surface area contributed by atoms with E-state index in [-0.39, 0.29) is 11.6 Å². The standard InChI is InChI=1S/C19H31NO/c1-14(20-19(2,3)4)18(21)17-12-10-16(11-13-17)15-8-6-5-7-9-15/h10-15,18,20-21H,5-9H2,1-4H3. The van der Waals surface area contributed by atoms with Crippen molar-refractivity contribution in [2.24, 2.45) is 0 Å². The minimum Gasteiger partial charge on any atom is -0.387 e. The van der Waals surface area contributed by atoms with Crippen LogP contribution in [-0.2, 0) is 0 Å². The van der Waals surface area contributed by atoms with E-state index in [1.807, 2.05) is 6.92 Å². The van der Waals surface area contributed by atoms with Crippen molar-refractivity contribution in [1.29, 1.82) is 0 Å². The summed E-state index contributed by atoms with van der Waals surface area (Å²) in [5.74, 6) is 0.732. The molecular weight excluding hydrogens is 258 g/mol. The van der Waals surface area contributed by atoms with Crippen LogP contribution >= 0.6 is 0 Å². The van der Waals surface area contributed by atoms with E-state index in [2.05, 4.69) is 50.4 Å². The van der Waals surface area contributed by atoms with Crippen LogP contribution in [0.15, 0.2) is 24.3 Å². The Morgan fingerprint density at radius 2 is 1.62 bits per heavy atom. The largest absolute Gasteiger partial charge is 0.387 e. The lowest BCUT2D eigenvalue weighted by molar-refractivity contribution is 0.121. The fourth-order valence-corrected chi connectivity index (χ4v) is 3.45. The van der Waals surface area contributed by atoms with E-state index in [1.54, 1.807) is 0 Å². The molecule has 0 saturated heterocycles. The van der Waals surface area contributed by atoms with Gasteiger partial charge in [-0.25, -0.2) is 0 Å². The molecule has 118 valence electrons. The molecule has 2 rings (SSSR count). The van der Waals surface area contributed by atoms with Crippen molar-refractivity contribution in [3.05, 3.63) is 35.4 Å². The zero-order valence-electron chi connectivity index (χ0n) is 14.0. The highest BCUT2D eigenvalue weighted by molar-refractivity contribution is 5.27. The summed E-state index contributed by atoms with van der Waals surface area (Å²) in [5.41, 5.74) is 2.48. The highest BCUT2D eigenvalue weighted by Gasteiger charge is 2.22. The van der Waals surface area contributed by atoms with Crippen LogP contribution in [0.5, 0.6) is 0 Å². The van der Waals surface area contributed by atoms with Gasteiger partial charge < -0.3 is 10.4 Å². The molecule has 2 nitrogen and oxygen atoms in total. The Balaban J connectivity index is 2.00. The van der Waals surface area contributed by atoms with Crippen LogP contribution in [-0.4, -0.2) is 16.7 Å². The van der Waals surface area contributed by atoms with Gasteiger partial charge in [-0.1, -0.05) is 43.5 Å². The SMILES string of the molecule is CC(NC(C)(C)C)C(O)c1ccc(C2CCCCC2)cc1. The van der Waals surface area contributed by atoms with Crippen LogP contribution in [0.2, 0.25) is 0 Å². The number of hydrogen-bond donors (Lipinski definition) is 2. The smallest absolute Gasteiger partial charge is 0.0940 e. The van der Waals surface area contributed by atoms with Crippen molar-refractivity contribution < 1.29 is 5.11 Å². The molecule has 1 aromatic carbocycles. The molecule has 0 amide bonds. The molecule has 0 radical (unpaired) electrons. The van der Waals surface area contributed by atoms with Gasteiger partial charge in [0, 0.05) is 11.6 Å². The molecule has 2 atom stereocenters. The van der Waals surface area contributed by atoms with E-state index in [9.17, 15) is 5.11 Å². The summed E-state index contributed by atoms with van der Waals surface area (Å²) in [7, 11) is 0. The Bertz CT molecular complexity index is 426. The van der Waals surface area contributed by atoms with E-state index in [0.717, 1.165) is 11.5 Å². The molecule has 0 heterocycles. The second-order valence-corrected chi connectivity index (χ2v) is 7.63. The van der Waals surface area contributed by atoms with Crippen molar-refractivity contribution in [3.8, 4) is 0 Å².